The SMILES string of the molecule is CCC(CC)N(C)C(CN)c1ccc(C)s1. The molecule has 0 spiro atoms. The van der Waals surface area contributed by atoms with Crippen LogP contribution in [0.15, 0.2) is 12.1 Å². The van der Waals surface area contributed by atoms with Gasteiger partial charge in [0, 0.05) is 22.3 Å². The maximum absolute atomic E-state index is 5.93. The molecule has 1 aromatic heterocycles. The van der Waals surface area contributed by atoms with Crippen molar-refractivity contribution >= 4 is 11.3 Å². The van der Waals surface area contributed by atoms with Crippen molar-refractivity contribution in [1.29, 1.82) is 0 Å². The van der Waals surface area contributed by atoms with E-state index in [1.807, 2.05) is 11.3 Å². The summed E-state index contributed by atoms with van der Waals surface area (Å²) in [6.07, 6.45) is 2.38. The molecule has 0 aliphatic rings. The van der Waals surface area contributed by atoms with E-state index in [1.54, 1.807) is 0 Å². The summed E-state index contributed by atoms with van der Waals surface area (Å²) in [7, 11) is 2.20. The minimum atomic E-state index is 0.378. The lowest BCUT2D eigenvalue weighted by atomic mass is 10.1. The normalized spacial score (nSPS) is 13.7. The van der Waals surface area contributed by atoms with Crippen molar-refractivity contribution in [2.75, 3.05) is 13.6 Å². The Balaban J connectivity index is 2.81. The molecule has 2 N–H and O–H groups in total. The first kappa shape index (κ1) is 13.7. The summed E-state index contributed by atoms with van der Waals surface area (Å²) in [5, 5.41) is 0. The lowest BCUT2D eigenvalue weighted by molar-refractivity contribution is 0.170. The van der Waals surface area contributed by atoms with Gasteiger partial charge in [-0.2, -0.15) is 0 Å². The van der Waals surface area contributed by atoms with Gasteiger partial charge in [-0.3, -0.25) is 4.90 Å². The molecule has 0 aromatic carbocycles. The molecule has 92 valence electrons. The summed E-state index contributed by atoms with van der Waals surface area (Å²) in [6.45, 7) is 7.35. The summed E-state index contributed by atoms with van der Waals surface area (Å²) in [6, 6.07) is 5.42. The Kier molecular flexibility index (Phi) is 5.46. The Morgan fingerprint density at radius 3 is 2.31 bits per heavy atom. The van der Waals surface area contributed by atoms with E-state index >= 15 is 0 Å². The molecular weight excluding hydrogens is 216 g/mol. The van der Waals surface area contributed by atoms with E-state index in [0.29, 0.717) is 18.6 Å². The molecule has 0 bridgehead atoms. The number of likely N-dealkylation sites (N-methyl/N-ethyl adjacent to an activating group) is 1. The Morgan fingerprint density at radius 2 is 1.94 bits per heavy atom. The summed E-state index contributed by atoms with van der Waals surface area (Å²) in [5.41, 5.74) is 5.93. The lowest BCUT2D eigenvalue weighted by Gasteiger charge is -2.33. The van der Waals surface area contributed by atoms with Gasteiger partial charge in [0.2, 0.25) is 0 Å². The third kappa shape index (κ3) is 3.06. The van der Waals surface area contributed by atoms with E-state index in [1.165, 1.54) is 22.6 Å². The van der Waals surface area contributed by atoms with Gasteiger partial charge in [-0.25, -0.2) is 0 Å². The number of hydrogen-bond donors (Lipinski definition) is 1. The zero-order valence-corrected chi connectivity index (χ0v) is 11.7. The zero-order chi connectivity index (χ0) is 12.1. The molecule has 0 fully saturated rings. The van der Waals surface area contributed by atoms with Crippen LogP contribution in [0.1, 0.15) is 42.5 Å². The molecule has 1 unspecified atom stereocenters. The molecule has 0 saturated heterocycles. The van der Waals surface area contributed by atoms with Gasteiger partial charge in [-0.1, -0.05) is 13.8 Å². The summed E-state index contributed by atoms with van der Waals surface area (Å²) in [5.74, 6) is 0. The monoisotopic (exact) mass is 240 g/mol. The number of thiophene rings is 1. The van der Waals surface area contributed by atoms with E-state index in [9.17, 15) is 0 Å². The van der Waals surface area contributed by atoms with Gasteiger partial charge in [0.1, 0.15) is 0 Å². The second-order valence-electron chi connectivity index (χ2n) is 4.34. The highest BCUT2D eigenvalue weighted by atomic mass is 32.1. The van der Waals surface area contributed by atoms with Crippen LogP contribution in [0.3, 0.4) is 0 Å². The molecule has 2 nitrogen and oxygen atoms in total. The second kappa shape index (κ2) is 6.38. The summed E-state index contributed by atoms with van der Waals surface area (Å²) in [4.78, 5) is 5.20. The molecular formula is C13H24N2S. The van der Waals surface area contributed by atoms with Crippen molar-refractivity contribution in [2.45, 2.75) is 45.7 Å². The summed E-state index contributed by atoms with van der Waals surface area (Å²) < 4.78 is 0. The lowest BCUT2D eigenvalue weighted by Crippen LogP contribution is -2.37. The van der Waals surface area contributed by atoms with Crippen molar-refractivity contribution in [3.8, 4) is 0 Å². The van der Waals surface area contributed by atoms with E-state index in [-0.39, 0.29) is 0 Å². The van der Waals surface area contributed by atoms with Crippen molar-refractivity contribution in [3.63, 3.8) is 0 Å². The van der Waals surface area contributed by atoms with Gasteiger partial charge in [0.15, 0.2) is 0 Å². The standard InChI is InChI=1S/C13H24N2S/c1-5-11(6-2)15(4)12(9-14)13-8-7-10(3)16-13/h7-8,11-12H,5-6,9,14H2,1-4H3. The second-order valence-corrected chi connectivity index (χ2v) is 5.66. The van der Waals surface area contributed by atoms with Crippen molar-refractivity contribution in [2.24, 2.45) is 5.73 Å². The third-order valence-electron chi connectivity index (χ3n) is 3.32. The minimum Gasteiger partial charge on any atom is -0.329 e. The van der Waals surface area contributed by atoms with Crippen LogP contribution in [0.5, 0.6) is 0 Å². The molecule has 0 aliphatic carbocycles. The van der Waals surface area contributed by atoms with Crippen LogP contribution in [0.4, 0.5) is 0 Å². The smallest absolute Gasteiger partial charge is 0.0564 e. The predicted octanol–water partition coefficient (Wildman–Crippen LogP) is 3.18. The first-order chi connectivity index (χ1) is 7.63. The molecule has 0 radical (unpaired) electrons. The van der Waals surface area contributed by atoms with Gasteiger partial charge in [0.05, 0.1) is 6.04 Å². The van der Waals surface area contributed by atoms with Crippen LogP contribution in [-0.4, -0.2) is 24.5 Å². The fraction of sp³-hybridized carbons (Fsp3) is 0.692. The van der Waals surface area contributed by atoms with E-state index < -0.39 is 0 Å². The van der Waals surface area contributed by atoms with Crippen LogP contribution < -0.4 is 5.73 Å². The van der Waals surface area contributed by atoms with Gasteiger partial charge in [0.25, 0.3) is 0 Å². The van der Waals surface area contributed by atoms with Crippen LogP contribution >= 0.6 is 11.3 Å². The quantitative estimate of drug-likeness (QED) is 0.827. The van der Waals surface area contributed by atoms with Crippen molar-refractivity contribution < 1.29 is 0 Å². The van der Waals surface area contributed by atoms with Crippen molar-refractivity contribution in [1.82, 2.24) is 4.90 Å². The number of nitrogens with zero attached hydrogens (tertiary/aromatic N) is 1. The highest BCUT2D eigenvalue weighted by Gasteiger charge is 2.21. The Morgan fingerprint density at radius 1 is 1.31 bits per heavy atom. The maximum Gasteiger partial charge on any atom is 0.0564 e. The minimum absolute atomic E-state index is 0.378. The van der Waals surface area contributed by atoms with E-state index in [2.05, 4.69) is 44.9 Å². The fourth-order valence-electron chi connectivity index (χ4n) is 2.23. The molecule has 0 amide bonds. The van der Waals surface area contributed by atoms with Crippen molar-refractivity contribution in [3.05, 3.63) is 21.9 Å². The average Bonchev–Trinajstić information content (AvgIpc) is 2.68. The summed E-state index contributed by atoms with van der Waals surface area (Å²) >= 11 is 1.87. The highest BCUT2D eigenvalue weighted by Crippen LogP contribution is 2.28. The molecule has 1 atom stereocenters. The van der Waals surface area contributed by atoms with Gasteiger partial charge in [-0.05, 0) is 38.9 Å². The number of nitrogens with two attached hydrogens (primary N) is 1. The number of rotatable bonds is 6. The van der Waals surface area contributed by atoms with Crippen LogP contribution in [0.2, 0.25) is 0 Å². The molecule has 1 aromatic rings. The first-order valence-electron chi connectivity index (χ1n) is 6.12. The molecule has 0 aliphatic heterocycles. The largest absolute Gasteiger partial charge is 0.329 e. The first-order valence-corrected chi connectivity index (χ1v) is 6.93. The Labute approximate surface area is 103 Å². The van der Waals surface area contributed by atoms with E-state index in [4.69, 9.17) is 5.73 Å². The highest BCUT2D eigenvalue weighted by molar-refractivity contribution is 7.12. The Hall–Kier alpha value is -0.380. The molecule has 16 heavy (non-hydrogen) atoms. The topological polar surface area (TPSA) is 29.3 Å². The molecule has 1 rings (SSSR count). The van der Waals surface area contributed by atoms with Crippen LogP contribution in [0.25, 0.3) is 0 Å². The predicted molar refractivity (Wildman–Crippen MR) is 73.0 cm³/mol. The van der Waals surface area contributed by atoms with Gasteiger partial charge in [-0.15, -0.1) is 11.3 Å². The maximum atomic E-state index is 5.93. The van der Waals surface area contributed by atoms with Gasteiger partial charge < -0.3 is 5.73 Å². The average molecular weight is 240 g/mol. The number of aryl methyl sites for hydroxylation is 1. The zero-order valence-electron chi connectivity index (χ0n) is 10.9. The van der Waals surface area contributed by atoms with Crippen LogP contribution in [0, 0.1) is 6.92 Å². The van der Waals surface area contributed by atoms with Gasteiger partial charge >= 0.3 is 0 Å². The molecule has 0 saturated carbocycles. The van der Waals surface area contributed by atoms with Crippen LogP contribution in [-0.2, 0) is 0 Å². The molecule has 3 heteroatoms. The molecule has 1 heterocycles. The Bertz CT molecular complexity index is 305. The van der Waals surface area contributed by atoms with E-state index in [0.717, 1.165) is 0 Å². The fourth-order valence-corrected chi connectivity index (χ4v) is 3.28. The number of hydrogen-bond acceptors (Lipinski definition) is 3. The third-order valence-corrected chi connectivity index (χ3v) is 4.42.